The van der Waals surface area contributed by atoms with Gasteiger partial charge in [-0.3, -0.25) is 0 Å². The van der Waals surface area contributed by atoms with Crippen LogP contribution in [0.4, 0.5) is 0 Å². The first kappa shape index (κ1) is 13.3. The lowest BCUT2D eigenvalue weighted by Gasteiger charge is -2.08. The summed E-state index contributed by atoms with van der Waals surface area (Å²) >= 11 is 0. The fraction of sp³-hybridized carbons (Fsp3) is 0. The van der Waals surface area contributed by atoms with Gasteiger partial charge in [0.05, 0.1) is 11.4 Å². The molecule has 0 aromatic heterocycles. The van der Waals surface area contributed by atoms with Crippen LogP contribution in [0.15, 0.2) is 35.3 Å². The van der Waals surface area contributed by atoms with Gasteiger partial charge in [-0.25, -0.2) is 9.59 Å². The molecule has 0 spiro atoms. The molecule has 0 saturated carbocycles. The predicted octanol–water partition coefficient (Wildman–Crippen LogP) is 1.12. The van der Waals surface area contributed by atoms with Gasteiger partial charge >= 0.3 is 0 Å². The summed E-state index contributed by atoms with van der Waals surface area (Å²) in [5.41, 5.74) is 1.32. The van der Waals surface area contributed by atoms with Crippen LogP contribution < -0.4 is 10.4 Å². The van der Waals surface area contributed by atoms with Crippen molar-refractivity contribution in [3.8, 4) is 0 Å². The van der Waals surface area contributed by atoms with E-state index in [9.17, 15) is 9.59 Å². The number of aliphatic imine (C=N–C) groups is 2. The normalized spacial score (nSPS) is 8.89. The first-order valence-corrected chi connectivity index (χ1v) is 4.88. The lowest BCUT2D eigenvalue weighted by molar-refractivity contribution is 0.564. The van der Waals surface area contributed by atoms with Crippen molar-refractivity contribution >= 4 is 36.7 Å². The summed E-state index contributed by atoms with van der Waals surface area (Å²) in [7, 11) is 0. The first-order chi connectivity index (χ1) is 8.52. The fourth-order valence-electron chi connectivity index (χ4n) is 1.49. The molecule has 4 nitrogen and oxygen atoms in total. The Hall–Kier alpha value is -2.80. The molecule has 1 aromatic rings. The fourth-order valence-corrected chi connectivity index (χ4v) is 1.49. The SMILES string of the molecule is C=C(N=C=O)c1ccc(=C)c(=C)c1C(=C)N=C=O. The van der Waals surface area contributed by atoms with Crippen LogP contribution in [0, 0.1) is 0 Å². The molecule has 0 aliphatic carbocycles. The number of rotatable bonds is 4. The van der Waals surface area contributed by atoms with Crippen molar-refractivity contribution in [3.63, 3.8) is 0 Å². The average Bonchev–Trinajstić information content (AvgIpc) is 2.32. The minimum Gasteiger partial charge on any atom is -0.211 e. The summed E-state index contributed by atoms with van der Waals surface area (Å²) in [5.74, 6) is 0. The van der Waals surface area contributed by atoms with Crippen molar-refractivity contribution in [2.45, 2.75) is 0 Å². The van der Waals surface area contributed by atoms with Crippen LogP contribution in [0.5, 0.6) is 0 Å². The standard InChI is InChI=1S/C14H10N2O2/c1-9-5-6-13(11(3)15-7-17)14(10(9)2)12(4)16-8-18/h5-6H,1-4H2. The van der Waals surface area contributed by atoms with Gasteiger partial charge in [0.1, 0.15) is 0 Å². The highest BCUT2D eigenvalue weighted by atomic mass is 16.1. The number of isocyanates is 2. The van der Waals surface area contributed by atoms with Gasteiger partial charge in [0.25, 0.3) is 0 Å². The molecule has 18 heavy (non-hydrogen) atoms. The third-order valence-electron chi connectivity index (χ3n) is 2.37. The number of benzene rings is 1. The second kappa shape index (κ2) is 5.51. The lowest BCUT2D eigenvalue weighted by atomic mass is 10.00. The Morgan fingerprint density at radius 3 is 2.11 bits per heavy atom. The molecule has 4 heteroatoms. The van der Waals surface area contributed by atoms with Crippen molar-refractivity contribution in [1.29, 1.82) is 0 Å². The molecular formula is C14H10N2O2. The van der Waals surface area contributed by atoms with Crippen LogP contribution in [-0.2, 0) is 9.59 Å². The second-order valence-electron chi connectivity index (χ2n) is 3.43. The maximum absolute atomic E-state index is 10.3. The summed E-state index contributed by atoms with van der Waals surface area (Å²) in [4.78, 5) is 27.4. The molecule has 1 rings (SSSR count). The quantitative estimate of drug-likeness (QED) is 0.583. The summed E-state index contributed by atoms with van der Waals surface area (Å²) in [6, 6.07) is 3.35. The van der Waals surface area contributed by atoms with E-state index in [1.54, 1.807) is 12.1 Å². The van der Waals surface area contributed by atoms with E-state index < -0.39 is 0 Å². The number of carbonyl (C=O) groups excluding carboxylic acids is 2. The monoisotopic (exact) mass is 238 g/mol. The lowest BCUT2D eigenvalue weighted by Crippen LogP contribution is -2.26. The Morgan fingerprint density at radius 2 is 1.56 bits per heavy atom. The second-order valence-corrected chi connectivity index (χ2v) is 3.43. The van der Waals surface area contributed by atoms with Crippen LogP contribution in [-0.4, -0.2) is 12.2 Å². The molecule has 0 bridgehead atoms. The van der Waals surface area contributed by atoms with Crippen molar-refractivity contribution in [3.05, 3.63) is 46.9 Å². The Kier molecular flexibility index (Phi) is 4.06. The predicted molar refractivity (Wildman–Crippen MR) is 71.0 cm³/mol. The Balaban J connectivity index is 3.69. The molecule has 0 heterocycles. The number of nitrogens with zero attached hydrogens (tertiary/aromatic N) is 2. The van der Waals surface area contributed by atoms with E-state index in [2.05, 4.69) is 36.3 Å². The molecule has 1 aromatic carbocycles. The van der Waals surface area contributed by atoms with Gasteiger partial charge in [-0.2, -0.15) is 9.98 Å². The largest absolute Gasteiger partial charge is 0.240 e. The van der Waals surface area contributed by atoms with E-state index in [1.165, 1.54) is 12.2 Å². The molecular weight excluding hydrogens is 228 g/mol. The summed E-state index contributed by atoms with van der Waals surface area (Å²) in [6.45, 7) is 14.9. The van der Waals surface area contributed by atoms with Gasteiger partial charge in [-0.1, -0.05) is 38.4 Å². The summed E-state index contributed by atoms with van der Waals surface area (Å²) < 4.78 is 0. The van der Waals surface area contributed by atoms with E-state index in [4.69, 9.17) is 0 Å². The van der Waals surface area contributed by atoms with Crippen molar-refractivity contribution in [2.75, 3.05) is 0 Å². The van der Waals surface area contributed by atoms with Crippen molar-refractivity contribution in [1.82, 2.24) is 0 Å². The smallest absolute Gasteiger partial charge is 0.211 e. The summed E-state index contributed by atoms with van der Waals surface area (Å²) in [5, 5.41) is 1.19. The van der Waals surface area contributed by atoms with Gasteiger partial charge in [-0.15, -0.1) is 0 Å². The minimum absolute atomic E-state index is 0.165. The molecule has 0 atom stereocenters. The van der Waals surface area contributed by atoms with Gasteiger partial charge < -0.3 is 0 Å². The molecule has 0 aliphatic heterocycles. The molecule has 0 N–H and O–H groups in total. The zero-order chi connectivity index (χ0) is 13.7. The topological polar surface area (TPSA) is 58.9 Å². The third kappa shape index (κ3) is 2.47. The van der Waals surface area contributed by atoms with Gasteiger partial charge in [0, 0.05) is 11.1 Å². The third-order valence-corrected chi connectivity index (χ3v) is 2.37. The molecule has 0 fully saturated rings. The van der Waals surface area contributed by atoms with Crippen LogP contribution in [0.3, 0.4) is 0 Å². The van der Waals surface area contributed by atoms with Crippen LogP contribution in [0.1, 0.15) is 11.1 Å². The number of hydrogen-bond donors (Lipinski definition) is 0. The molecule has 0 saturated heterocycles. The zero-order valence-corrected chi connectivity index (χ0v) is 9.69. The molecule has 0 amide bonds. The van der Waals surface area contributed by atoms with E-state index in [0.29, 0.717) is 21.6 Å². The van der Waals surface area contributed by atoms with E-state index in [-0.39, 0.29) is 11.4 Å². The van der Waals surface area contributed by atoms with Crippen molar-refractivity contribution < 1.29 is 9.59 Å². The highest BCUT2D eigenvalue weighted by Crippen LogP contribution is 2.20. The molecule has 88 valence electrons. The zero-order valence-electron chi connectivity index (χ0n) is 9.69. The molecule has 0 radical (unpaired) electrons. The molecule has 0 aliphatic rings. The average molecular weight is 238 g/mol. The van der Waals surface area contributed by atoms with E-state index in [1.807, 2.05) is 0 Å². The highest BCUT2D eigenvalue weighted by molar-refractivity contribution is 5.80. The maximum atomic E-state index is 10.3. The maximum Gasteiger partial charge on any atom is 0.240 e. The van der Waals surface area contributed by atoms with Crippen LogP contribution >= 0.6 is 0 Å². The first-order valence-electron chi connectivity index (χ1n) is 4.88. The van der Waals surface area contributed by atoms with Gasteiger partial charge in [0.2, 0.25) is 12.2 Å². The highest BCUT2D eigenvalue weighted by Gasteiger charge is 2.10. The Labute approximate surface area is 104 Å². The summed E-state index contributed by atoms with van der Waals surface area (Å²) in [6.07, 6.45) is 2.80. The minimum atomic E-state index is 0.165. The van der Waals surface area contributed by atoms with Crippen LogP contribution in [0.25, 0.3) is 24.6 Å². The van der Waals surface area contributed by atoms with Gasteiger partial charge in [0.15, 0.2) is 0 Å². The Morgan fingerprint density at radius 1 is 1.00 bits per heavy atom. The number of hydrogen-bond acceptors (Lipinski definition) is 4. The van der Waals surface area contributed by atoms with Crippen molar-refractivity contribution in [2.24, 2.45) is 9.98 Å². The Bertz CT molecular complexity index is 719. The van der Waals surface area contributed by atoms with Gasteiger partial charge in [-0.05, 0) is 10.4 Å². The molecule has 0 unspecified atom stereocenters. The van der Waals surface area contributed by atoms with E-state index in [0.717, 1.165) is 0 Å². The van der Waals surface area contributed by atoms with Crippen LogP contribution in [0.2, 0.25) is 0 Å². The van der Waals surface area contributed by atoms with E-state index >= 15 is 0 Å².